The average Bonchev–Trinajstić information content (AvgIpc) is 3.34. The number of piperidine rings is 1. The van der Waals surface area contributed by atoms with Crippen LogP contribution in [0.5, 0.6) is 11.5 Å². The molecule has 0 aliphatic carbocycles. The molecule has 2 N–H and O–H groups in total. The lowest BCUT2D eigenvalue weighted by Crippen LogP contribution is -2.55. The molecule has 2 unspecified atom stereocenters. The Balaban J connectivity index is 1.34. The summed E-state index contributed by atoms with van der Waals surface area (Å²) in [7, 11) is -3.74. The third-order valence-corrected chi connectivity index (χ3v) is 8.44. The van der Waals surface area contributed by atoms with Crippen LogP contribution in [0.4, 0.5) is 0 Å². The Morgan fingerprint density at radius 2 is 1.72 bits per heavy atom. The fraction of sp³-hybridized carbons (Fsp3) is 0.385. The van der Waals surface area contributed by atoms with Crippen molar-refractivity contribution in [1.29, 1.82) is 0 Å². The first-order chi connectivity index (χ1) is 17.2. The van der Waals surface area contributed by atoms with Crippen LogP contribution in [0.3, 0.4) is 0 Å². The number of nitrogens with one attached hydrogen (secondary N) is 2. The van der Waals surface area contributed by atoms with Crippen molar-refractivity contribution in [3.05, 3.63) is 66.2 Å². The molecular weight excluding hydrogens is 482 g/mol. The number of benzene rings is 2. The molecule has 2 aromatic carbocycles. The summed E-state index contributed by atoms with van der Waals surface area (Å²) in [6.45, 7) is 8.53. The highest BCUT2D eigenvalue weighted by molar-refractivity contribution is 7.89. The van der Waals surface area contributed by atoms with Crippen molar-refractivity contribution < 1.29 is 27.5 Å². The minimum Gasteiger partial charge on any atom is -0.454 e. The van der Waals surface area contributed by atoms with Crippen molar-refractivity contribution in [3.63, 3.8) is 0 Å². The lowest BCUT2D eigenvalue weighted by Gasteiger charge is -2.40. The van der Waals surface area contributed by atoms with Gasteiger partial charge in [-0.15, -0.1) is 0 Å². The van der Waals surface area contributed by atoms with E-state index in [1.54, 1.807) is 0 Å². The van der Waals surface area contributed by atoms with Gasteiger partial charge in [-0.1, -0.05) is 26.5 Å². The molecule has 2 aromatic rings. The highest BCUT2D eigenvalue weighted by Crippen LogP contribution is 2.32. The number of carbonyl (C=O) groups is 2. The van der Waals surface area contributed by atoms with Crippen LogP contribution in [-0.2, 0) is 21.2 Å². The van der Waals surface area contributed by atoms with E-state index in [4.69, 9.17) is 9.47 Å². The third kappa shape index (κ3) is 5.55. The first kappa shape index (κ1) is 25.7. The van der Waals surface area contributed by atoms with Crippen LogP contribution in [-0.4, -0.2) is 57.0 Å². The molecule has 1 saturated heterocycles. The van der Waals surface area contributed by atoms with Gasteiger partial charge in [0.2, 0.25) is 22.7 Å². The van der Waals surface area contributed by atoms with Gasteiger partial charge in [0.25, 0.3) is 5.91 Å². The summed E-state index contributed by atoms with van der Waals surface area (Å²) in [5.74, 6) is 0.737. The summed E-state index contributed by atoms with van der Waals surface area (Å²) in [4.78, 5) is 24.4. The van der Waals surface area contributed by atoms with Gasteiger partial charge in [-0.25, -0.2) is 8.42 Å². The summed E-state index contributed by atoms with van der Waals surface area (Å²) in [5, 5.41) is 5.76. The van der Waals surface area contributed by atoms with Gasteiger partial charge in [0.1, 0.15) is 0 Å². The molecule has 1 fully saturated rings. The molecule has 0 radical (unpaired) electrons. The van der Waals surface area contributed by atoms with Crippen molar-refractivity contribution >= 4 is 21.8 Å². The Morgan fingerprint density at radius 3 is 2.39 bits per heavy atom. The Hall–Kier alpha value is -3.37. The van der Waals surface area contributed by atoms with Gasteiger partial charge in [0, 0.05) is 31.2 Å². The van der Waals surface area contributed by atoms with Crippen LogP contribution in [0, 0.1) is 11.8 Å². The average molecular weight is 514 g/mol. The van der Waals surface area contributed by atoms with Gasteiger partial charge in [0.05, 0.1) is 4.90 Å². The molecule has 2 heterocycles. The second-order valence-electron chi connectivity index (χ2n) is 9.23. The summed E-state index contributed by atoms with van der Waals surface area (Å²) >= 11 is 0. The zero-order chi connectivity index (χ0) is 25.9. The Kier molecular flexibility index (Phi) is 7.65. The number of carbonyl (C=O) groups excluding carboxylic acids is 2. The van der Waals surface area contributed by atoms with Crippen molar-refractivity contribution in [3.8, 4) is 11.5 Å². The number of rotatable bonds is 8. The van der Waals surface area contributed by atoms with E-state index >= 15 is 0 Å². The topological polar surface area (TPSA) is 114 Å². The van der Waals surface area contributed by atoms with Crippen LogP contribution < -0.4 is 20.1 Å². The molecule has 2 aliphatic heterocycles. The molecular formula is C26H31N3O6S. The van der Waals surface area contributed by atoms with E-state index < -0.39 is 10.0 Å². The van der Waals surface area contributed by atoms with E-state index in [2.05, 4.69) is 17.2 Å². The minimum atomic E-state index is -3.74. The van der Waals surface area contributed by atoms with Crippen molar-refractivity contribution in [2.24, 2.45) is 11.8 Å². The van der Waals surface area contributed by atoms with Gasteiger partial charge in [-0.3, -0.25) is 9.59 Å². The highest BCUT2D eigenvalue weighted by atomic mass is 32.2. The Bertz CT molecular complexity index is 1230. The molecule has 2 atom stereocenters. The van der Waals surface area contributed by atoms with Gasteiger partial charge in [-0.2, -0.15) is 4.31 Å². The van der Waals surface area contributed by atoms with Crippen molar-refractivity contribution in [1.82, 2.24) is 14.9 Å². The summed E-state index contributed by atoms with van der Waals surface area (Å²) < 4.78 is 38.6. The molecule has 0 aromatic heterocycles. The lowest BCUT2D eigenvalue weighted by atomic mass is 9.87. The number of fused-ring (bicyclic) bond motifs is 1. The van der Waals surface area contributed by atoms with Crippen molar-refractivity contribution in [2.75, 3.05) is 26.4 Å². The maximum absolute atomic E-state index is 13.3. The molecule has 2 amide bonds. The molecule has 4 rings (SSSR count). The van der Waals surface area contributed by atoms with Crippen LogP contribution in [0.25, 0.3) is 0 Å². The van der Waals surface area contributed by atoms with E-state index in [9.17, 15) is 18.0 Å². The van der Waals surface area contributed by atoms with Gasteiger partial charge < -0.3 is 20.1 Å². The number of ether oxygens (including phenoxy) is 2. The molecule has 0 spiro atoms. The van der Waals surface area contributed by atoms with Crippen LogP contribution in [0.15, 0.2) is 60.0 Å². The molecule has 9 nitrogen and oxygen atoms in total. The van der Waals surface area contributed by atoms with E-state index in [-0.39, 0.29) is 54.5 Å². The fourth-order valence-corrected chi connectivity index (χ4v) is 6.30. The van der Waals surface area contributed by atoms with E-state index in [0.717, 1.165) is 5.56 Å². The summed E-state index contributed by atoms with van der Waals surface area (Å²) in [5.41, 5.74) is 1.39. The second-order valence-corrected chi connectivity index (χ2v) is 11.2. The maximum Gasteiger partial charge on any atom is 0.251 e. The van der Waals surface area contributed by atoms with Crippen LogP contribution in [0.1, 0.15) is 29.8 Å². The molecule has 0 saturated carbocycles. The first-order valence-electron chi connectivity index (χ1n) is 11.9. The Morgan fingerprint density at radius 1 is 1.06 bits per heavy atom. The monoisotopic (exact) mass is 513 g/mol. The lowest BCUT2D eigenvalue weighted by molar-refractivity contribution is -0.118. The van der Waals surface area contributed by atoms with Crippen LogP contribution in [0.2, 0.25) is 0 Å². The highest BCUT2D eigenvalue weighted by Gasteiger charge is 2.38. The fourth-order valence-electron chi connectivity index (χ4n) is 4.66. The van der Waals surface area contributed by atoms with Crippen LogP contribution >= 0.6 is 0 Å². The molecule has 36 heavy (non-hydrogen) atoms. The molecule has 0 bridgehead atoms. The number of sulfonamides is 1. The molecule has 192 valence electrons. The normalized spacial score (nSPS) is 21.6. The predicted octanol–water partition coefficient (Wildman–Crippen LogP) is 2.34. The predicted molar refractivity (Wildman–Crippen MR) is 134 cm³/mol. The SMILES string of the molecule is C=CC(=O)NC1C(C)CN(S(=O)(=O)c2ccc(C(=O)NCCc3ccc4c(c3)OCO4)cc2)CC1C. The number of hydrogen-bond donors (Lipinski definition) is 2. The zero-order valence-electron chi connectivity index (χ0n) is 20.4. The zero-order valence-corrected chi connectivity index (χ0v) is 21.2. The standard InChI is InChI=1S/C26H31N3O6S/c1-4-24(30)28-25-17(2)14-29(15-18(25)3)36(32,33)21-8-6-20(7-9-21)26(31)27-12-11-19-5-10-22-23(13-19)35-16-34-22/h4-10,13,17-18,25H,1,11-12,14-16H2,2-3H3,(H,27,31)(H,28,30). The maximum atomic E-state index is 13.3. The quantitative estimate of drug-likeness (QED) is 0.524. The summed E-state index contributed by atoms with van der Waals surface area (Å²) in [6.07, 6.45) is 1.84. The number of hydrogen-bond acceptors (Lipinski definition) is 6. The Labute approximate surface area is 211 Å². The molecule has 10 heteroatoms. The smallest absolute Gasteiger partial charge is 0.251 e. The second kappa shape index (κ2) is 10.7. The van der Waals surface area contributed by atoms with E-state index in [0.29, 0.717) is 30.0 Å². The minimum absolute atomic E-state index is 0.0674. The largest absolute Gasteiger partial charge is 0.454 e. The third-order valence-electron chi connectivity index (χ3n) is 6.59. The van der Waals surface area contributed by atoms with Gasteiger partial charge in [0.15, 0.2) is 11.5 Å². The molecule has 2 aliphatic rings. The first-order valence-corrected chi connectivity index (χ1v) is 13.3. The number of amides is 2. The number of nitrogens with zero attached hydrogens (tertiary/aromatic N) is 1. The van der Waals surface area contributed by atoms with Crippen molar-refractivity contribution in [2.45, 2.75) is 31.2 Å². The van der Waals surface area contributed by atoms with E-state index in [1.807, 2.05) is 32.0 Å². The van der Waals surface area contributed by atoms with Gasteiger partial charge in [-0.05, 0) is 66.3 Å². The van der Waals surface area contributed by atoms with Gasteiger partial charge >= 0.3 is 0 Å². The summed E-state index contributed by atoms with van der Waals surface area (Å²) in [6, 6.07) is 11.5. The van der Waals surface area contributed by atoms with E-state index in [1.165, 1.54) is 34.6 Å².